The highest BCUT2D eigenvalue weighted by atomic mass is 16.6. The van der Waals surface area contributed by atoms with Gasteiger partial charge < -0.3 is 5.73 Å². The van der Waals surface area contributed by atoms with Crippen LogP contribution in [0, 0.1) is 15.5 Å². The lowest BCUT2D eigenvalue weighted by molar-refractivity contribution is -0.385. The summed E-state index contributed by atoms with van der Waals surface area (Å²) in [5.41, 5.74) is 6.35. The Morgan fingerprint density at radius 1 is 1.71 bits per heavy atom. The molecule has 6 heteroatoms. The van der Waals surface area contributed by atoms with Crippen molar-refractivity contribution in [1.29, 1.82) is 0 Å². The van der Waals surface area contributed by atoms with Gasteiger partial charge in [0.25, 0.3) is 0 Å². The zero-order valence-electron chi connectivity index (χ0n) is 8.02. The summed E-state index contributed by atoms with van der Waals surface area (Å²) < 4.78 is 0. The lowest BCUT2D eigenvalue weighted by Crippen LogP contribution is -2.06. The Balaban J connectivity index is 2.35. The molecule has 0 amide bonds. The number of nitro groups is 1. The molecule has 1 heterocycles. The van der Waals surface area contributed by atoms with E-state index in [9.17, 15) is 10.1 Å². The van der Waals surface area contributed by atoms with Crippen LogP contribution in [0.4, 0.5) is 5.69 Å². The van der Waals surface area contributed by atoms with Crippen LogP contribution in [0.1, 0.15) is 25.5 Å². The molecule has 6 nitrogen and oxygen atoms in total. The normalized spacial score (nSPS) is 28.8. The average molecular weight is 196 g/mol. The van der Waals surface area contributed by atoms with Gasteiger partial charge in [-0.3, -0.25) is 15.2 Å². The first-order valence-electron chi connectivity index (χ1n) is 4.39. The summed E-state index contributed by atoms with van der Waals surface area (Å²) in [6.07, 6.45) is 1.23. The van der Waals surface area contributed by atoms with Crippen LogP contribution in [0.3, 0.4) is 0 Å². The second-order valence-corrected chi connectivity index (χ2v) is 4.25. The molecule has 76 valence electrons. The molecule has 0 bridgehead atoms. The Bertz CT molecular complexity index is 384. The van der Waals surface area contributed by atoms with Crippen molar-refractivity contribution in [1.82, 2.24) is 10.2 Å². The number of hydrogen-bond donors (Lipinski definition) is 2. The van der Waals surface area contributed by atoms with Crippen LogP contribution >= 0.6 is 0 Å². The average Bonchev–Trinajstić information content (AvgIpc) is 2.54. The SMILES string of the molecule is CC1(C)[C@@H](N)[C@@H]1c1[nH]ncc1[N+](=O)[O-]. The monoisotopic (exact) mass is 196 g/mol. The summed E-state index contributed by atoms with van der Waals surface area (Å²) in [5.74, 6) is 0.0189. The van der Waals surface area contributed by atoms with Crippen molar-refractivity contribution < 1.29 is 4.92 Å². The fourth-order valence-corrected chi connectivity index (χ4v) is 1.89. The Kier molecular flexibility index (Phi) is 1.66. The largest absolute Gasteiger partial charge is 0.327 e. The Morgan fingerprint density at radius 3 is 2.71 bits per heavy atom. The number of nitrogens with two attached hydrogens (primary N) is 1. The van der Waals surface area contributed by atoms with Gasteiger partial charge in [-0.2, -0.15) is 5.10 Å². The topological polar surface area (TPSA) is 97.8 Å². The van der Waals surface area contributed by atoms with Crippen molar-refractivity contribution >= 4 is 5.69 Å². The first-order chi connectivity index (χ1) is 6.46. The van der Waals surface area contributed by atoms with Gasteiger partial charge in [-0.05, 0) is 5.41 Å². The minimum absolute atomic E-state index is 0.0189. The highest BCUT2D eigenvalue weighted by molar-refractivity contribution is 5.42. The maximum atomic E-state index is 10.6. The highest BCUT2D eigenvalue weighted by Gasteiger charge is 2.59. The molecule has 2 atom stereocenters. The third-order valence-electron chi connectivity index (χ3n) is 3.07. The minimum Gasteiger partial charge on any atom is -0.327 e. The third-order valence-corrected chi connectivity index (χ3v) is 3.07. The molecule has 0 unspecified atom stereocenters. The van der Waals surface area contributed by atoms with E-state index in [0.29, 0.717) is 5.69 Å². The van der Waals surface area contributed by atoms with Crippen molar-refractivity contribution in [3.05, 3.63) is 22.0 Å². The summed E-state index contributed by atoms with van der Waals surface area (Å²) in [7, 11) is 0. The van der Waals surface area contributed by atoms with Crippen LogP contribution in [0.15, 0.2) is 6.20 Å². The van der Waals surface area contributed by atoms with Gasteiger partial charge in [0.05, 0.1) is 4.92 Å². The zero-order chi connectivity index (χ0) is 10.5. The molecule has 2 rings (SSSR count). The Morgan fingerprint density at radius 2 is 2.29 bits per heavy atom. The maximum Gasteiger partial charge on any atom is 0.310 e. The first-order valence-corrected chi connectivity index (χ1v) is 4.39. The molecule has 3 N–H and O–H groups in total. The van der Waals surface area contributed by atoms with E-state index >= 15 is 0 Å². The van der Waals surface area contributed by atoms with Crippen LogP contribution in [-0.4, -0.2) is 21.2 Å². The molecule has 1 aromatic heterocycles. The molecule has 0 radical (unpaired) electrons. The standard InChI is InChI=1S/C8H12N4O2/c1-8(2)5(7(8)9)6-4(12(13)14)3-10-11-6/h3,5,7H,9H2,1-2H3,(H,10,11)/t5-,7-/m0/s1. The summed E-state index contributed by atoms with van der Waals surface area (Å²) >= 11 is 0. The number of hydrogen-bond acceptors (Lipinski definition) is 4. The number of rotatable bonds is 2. The fourth-order valence-electron chi connectivity index (χ4n) is 1.89. The van der Waals surface area contributed by atoms with Crippen molar-refractivity contribution in [2.45, 2.75) is 25.8 Å². The van der Waals surface area contributed by atoms with Gasteiger partial charge in [0.15, 0.2) is 0 Å². The number of H-pyrrole nitrogens is 1. The Hall–Kier alpha value is -1.43. The van der Waals surface area contributed by atoms with E-state index in [4.69, 9.17) is 5.73 Å². The summed E-state index contributed by atoms with van der Waals surface area (Å²) in [6, 6.07) is -0.0263. The summed E-state index contributed by atoms with van der Waals surface area (Å²) in [4.78, 5) is 10.2. The van der Waals surface area contributed by atoms with E-state index in [2.05, 4.69) is 10.2 Å². The van der Waals surface area contributed by atoms with Crippen molar-refractivity contribution in [2.24, 2.45) is 11.1 Å². The summed E-state index contributed by atoms with van der Waals surface area (Å²) in [5, 5.41) is 17.0. The highest BCUT2D eigenvalue weighted by Crippen LogP contribution is 2.58. The summed E-state index contributed by atoms with van der Waals surface area (Å²) in [6.45, 7) is 3.99. The molecule has 14 heavy (non-hydrogen) atoms. The van der Waals surface area contributed by atoms with E-state index in [-0.39, 0.29) is 23.1 Å². The lowest BCUT2D eigenvalue weighted by atomic mass is 10.1. The lowest BCUT2D eigenvalue weighted by Gasteiger charge is -1.98. The molecule has 1 fully saturated rings. The van der Waals surface area contributed by atoms with Crippen LogP contribution in [-0.2, 0) is 0 Å². The van der Waals surface area contributed by atoms with Gasteiger partial charge in [0.1, 0.15) is 11.9 Å². The molecule has 0 spiro atoms. The molecular weight excluding hydrogens is 184 g/mol. The fraction of sp³-hybridized carbons (Fsp3) is 0.625. The van der Waals surface area contributed by atoms with Crippen molar-refractivity contribution in [3.8, 4) is 0 Å². The number of aromatic amines is 1. The molecular formula is C8H12N4O2. The predicted octanol–water partition coefficient (Wildman–Crippen LogP) is 0.769. The number of aromatic nitrogens is 2. The van der Waals surface area contributed by atoms with Gasteiger partial charge in [-0.1, -0.05) is 13.8 Å². The van der Waals surface area contributed by atoms with Crippen LogP contribution in [0.25, 0.3) is 0 Å². The van der Waals surface area contributed by atoms with Gasteiger partial charge in [0, 0.05) is 12.0 Å². The van der Waals surface area contributed by atoms with Gasteiger partial charge >= 0.3 is 5.69 Å². The number of nitrogens with one attached hydrogen (secondary N) is 1. The molecule has 1 saturated carbocycles. The molecule has 0 saturated heterocycles. The quantitative estimate of drug-likeness (QED) is 0.539. The van der Waals surface area contributed by atoms with Crippen LogP contribution < -0.4 is 5.73 Å². The molecule has 0 aromatic carbocycles. The van der Waals surface area contributed by atoms with Crippen LogP contribution in [0.2, 0.25) is 0 Å². The van der Waals surface area contributed by atoms with Gasteiger partial charge in [-0.15, -0.1) is 0 Å². The second kappa shape index (κ2) is 2.54. The molecule has 0 aliphatic heterocycles. The Labute approximate surface area is 80.6 Å². The maximum absolute atomic E-state index is 10.6. The second-order valence-electron chi connectivity index (χ2n) is 4.25. The van der Waals surface area contributed by atoms with E-state index in [1.165, 1.54) is 6.20 Å². The van der Waals surface area contributed by atoms with Crippen molar-refractivity contribution in [2.75, 3.05) is 0 Å². The van der Waals surface area contributed by atoms with E-state index in [0.717, 1.165) is 0 Å². The third kappa shape index (κ3) is 1.04. The number of nitrogens with zero attached hydrogens (tertiary/aromatic N) is 2. The van der Waals surface area contributed by atoms with Gasteiger partial charge in [0.2, 0.25) is 0 Å². The van der Waals surface area contributed by atoms with Crippen molar-refractivity contribution in [3.63, 3.8) is 0 Å². The van der Waals surface area contributed by atoms with Gasteiger partial charge in [-0.25, -0.2) is 0 Å². The van der Waals surface area contributed by atoms with E-state index in [1.807, 2.05) is 13.8 Å². The smallest absolute Gasteiger partial charge is 0.310 e. The van der Waals surface area contributed by atoms with Crippen LogP contribution in [0.5, 0.6) is 0 Å². The molecule has 1 aromatic rings. The molecule has 1 aliphatic carbocycles. The first kappa shape index (κ1) is 9.14. The predicted molar refractivity (Wildman–Crippen MR) is 49.7 cm³/mol. The van der Waals surface area contributed by atoms with E-state index < -0.39 is 4.92 Å². The minimum atomic E-state index is -0.431. The molecule has 1 aliphatic rings. The zero-order valence-corrected chi connectivity index (χ0v) is 8.02. The van der Waals surface area contributed by atoms with E-state index in [1.54, 1.807) is 0 Å².